The Morgan fingerprint density at radius 3 is 1.98 bits per heavy atom. The second-order valence-corrected chi connectivity index (χ2v) is 14.1. The van der Waals surface area contributed by atoms with E-state index >= 15 is 0 Å². The minimum atomic E-state index is -0.112. The Morgan fingerprint density at radius 1 is 0.667 bits per heavy atom. The molecule has 0 bridgehead atoms. The molecule has 1 aromatic heterocycles. The topological polar surface area (TPSA) is 43.8 Å². The number of benzene rings is 4. The van der Waals surface area contributed by atoms with Crippen LogP contribution in [-0.4, -0.2) is 41.1 Å². The van der Waals surface area contributed by atoms with Crippen LogP contribution in [0.5, 0.6) is 0 Å². The molecule has 0 spiro atoms. The van der Waals surface area contributed by atoms with Crippen LogP contribution >= 0.6 is 0 Å². The predicted octanol–water partition coefficient (Wildman–Crippen LogP) is 9.81. The summed E-state index contributed by atoms with van der Waals surface area (Å²) in [4.78, 5) is 14.3. The van der Waals surface area contributed by atoms with Gasteiger partial charge in [-0.15, -0.1) is 0 Å². The van der Waals surface area contributed by atoms with Crippen LogP contribution in [0.3, 0.4) is 0 Å². The number of rotatable bonds is 7. The molecule has 51 heavy (non-hydrogen) atoms. The Labute approximate surface area is 302 Å². The summed E-state index contributed by atoms with van der Waals surface area (Å²) in [6, 6.07) is 46.3. The van der Waals surface area contributed by atoms with E-state index in [4.69, 9.17) is 9.98 Å². The Balaban J connectivity index is 1.05. The van der Waals surface area contributed by atoms with Crippen molar-refractivity contribution < 1.29 is 0 Å². The summed E-state index contributed by atoms with van der Waals surface area (Å²) in [6.45, 7) is 2.02. The monoisotopic (exact) mass is 667 g/mol. The minimum Gasteiger partial charge on any atom is -0.354 e. The van der Waals surface area contributed by atoms with Crippen LogP contribution in [-0.2, 0) is 0 Å². The minimum absolute atomic E-state index is 0.0835. The molecule has 5 atom stereocenters. The molecule has 5 heteroatoms. The molecule has 0 radical (unpaired) electrons. The number of nitrogens with zero attached hydrogens (tertiary/aromatic N) is 4. The fraction of sp³-hybridized carbons (Fsp3) is 0.217. The third kappa shape index (κ3) is 7.01. The maximum Gasteiger partial charge on any atom is 0.163 e. The number of hydrogen-bond donors (Lipinski definition) is 1. The summed E-state index contributed by atoms with van der Waals surface area (Å²) in [5, 5.41) is 4.10. The maximum atomic E-state index is 4.90. The van der Waals surface area contributed by atoms with Crippen molar-refractivity contribution in [3.63, 3.8) is 0 Å². The molecule has 5 unspecified atom stereocenters. The smallest absolute Gasteiger partial charge is 0.163 e. The van der Waals surface area contributed by atoms with Crippen molar-refractivity contribution in [3.05, 3.63) is 185 Å². The number of allylic oxidation sites excluding steroid dienone is 4. The zero-order chi connectivity index (χ0) is 34.7. The summed E-state index contributed by atoms with van der Waals surface area (Å²) in [6.07, 6.45) is 13.4. The molecule has 254 valence electrons. The molecule has 8 rings (SSSR count). The number of pyridine rings is 1. The second-order valence-electron chi connectivity index (χ2n) is 14.1. The van der Waals surface area contributed by atoms with Gasteiger partial charge in [0.15, 0.2) is 6.17 Å². The summed E-state index contributed by atoms with van der Waals surface area (Å²) < 4.78 is 0. The van der Waals surface area contributed by atoms with Gasteiger partial charge < -0.3 is 4.90 Å². The molecular weight excluding hydrogens is 623 g/mol. The first kappa shape index (κ1) is 32.8. The second kappa shape index (κ2) is 14.5. The molecule has 5 aromatic rings. The van der Waals surface area contributed by atoms with E-state index < -0.39 is 0 Å². The van der Waals surface area contributed by atoms with Crippen molar-refractivity contribution in [2.24, 2.45) is 10.9 Å². The van der Waals surface area contributed by atoms with Crippen LogP contribution in [0.15, 0.2) is 157 Å². The molecule has 1 aliphatic carbocycles. The quantitative estimate of drug-likeness (QED) is 0.188. The lowest BCUT2D eigenvalue weighted by Gasteiger charge is -2.47. The van der Waals surface area contributed by atoms with Crippen LogP contribution in [0.1, 0.15) is 64.9 Å². The van der Waals surface area contributed by atoms with Gasteiger partial charge in [0, 0.05) is 42.8 Å². The van der Waals surface area contributed by atoms with Crippen LogP contribution in [0.25, 0.3) is 22.3 Å². The Morgan fingerprint density at radius 2 is 1.31 bits per heavy atom. The zero-order valence-corrected chi connectivity index (χ0v) is 29.6. The third-order valence-electron chi connectivity index (χ3n) is 10.7. The van der Waals surface area contributed by atoms with Crippen LogP contribution < -0.4 is 5.32 Å². The number of aryl methyl sites for hydroxylation is 1. The first-order valence-electron chi connectivity index (χ1n) is 18.1. The molecule has 3 heterocycles. The summed E-state index contributed by atoms with van der Waals surface area (Å²) in [5.41, 5.74) is 11.9. The standard InChI is InChI=1S/C46H45N5/c1-32-11-10-16-42(48-32)46-47-30-41(31-50(46)2)37-19-25-39(26-20-37)44-29-43(38-23-17-35(18-24-38)33-12-6-4-7-13-33)49-45(51(44)3)40-27-21-36(22-28-40)34-14-8-5-9-15-34/h4-23,25-28,30-31,38,43-46,49H,24,29H2,1-3H3. The SMILES string of the molecule is Cc1cccc(C2N=CC(c3ccc(C4CC(C5C=CC(c6ccccc6)=CC5)NC(c5ccc(-c6ccccc6)cc5)N4C)cc3)=CN2C)n1. The van der Waals surface area contributed by atoms with Gasteiger partial charge in [0.05, 0.1) is 11.9 Å². The lowest BCUT2D eigenvalue weighted by molar-refractivity contribution is 0.0587. The molecule has 0 saturated carbocycles. The van der Waals surface area contributed by atoms with E-state index in [0.29, 0.717) is 12.0 Å². The lowest BCUT2D eigenvalue weighted by atomic mass is 9.81. The van der Waals surface area contributed by atoms with E-state index in [1.165, 1.54) is 39.0 Å². The number of aromatic nitrogens is 1. The fourth-order valence-corrected chi connectivity index (χ4v) is 7.86. The van der Waals surface area contributed by atoms with Crippen LogP contribution in [0.4, 0.5) is 0 Å². The van der Waals surface area contributed by atoms with Gasteiger partial charge in [-0.3, -0.25) is 20.2 Å². The molecule has 1 fully saturated rings. The van der Waals surface area contributed by atoms with E-state index in [1.54, 1.807) is 0 Å². The third-order valence-corrected chi connectivity index (χ3v) is 10.7. The van der Waals surface area contributed by atoms with Gasteiger partial charge in [0.1, 0.15) is 0 Å². The Hall–Kier alpha value is -5.36. The van der Waals surface area contributed by atoms with Crippen molar-refractivity contribution in [1.29, 1.82) is 0 Å². The van der Waals surface area contributed by atoms with Gasteiger partial charge in [-0.25, -0.2) is 0 Å². The fourth-order valence-electron chi connectivity index (χ4n) is 7.86. The highest BCUT2D eigenvalue weighted by molar-refractivity contribution is 6.10. The number of hydrogen-bond acceptors (Lipinski definition) is 5. The predicted molar refractivity (Wildman–Crippen MR) is 211 cm³/mol. The van der Waals surface area contributed by atoms with Crippen molar-refractivity contribution in [2.75, 3.05) is 14.1 Å². The average molecular weight is 668 g/mol. The molecular formula is C46H45N5. The van der Waals surface area contributed by atoms with E-state index in [0.717, 1.165) is 29.8 Å². The molecule has 2 aliphatic heterocycles. The molecule has 5 nitrogen and oxygen atoms in total. The van der Waals surface area contributed by atoms with E-state index in [-0.39, 0.29) is 18.4 Å². The highest BCUT2D eigenvalue weighted by Gasteiger charge is 2.37. The van der Waals surface area contributed by atoms with Crippen LogP contribution in [0.2, 0.25) is 0 Å². The van der Waals surface area contributed by atoms with Gasteiger partial charge >= 0.3 is 0 Å². The summed E-state index contributed by atoms with van der Waals surface area (Å²) in [7, 11) is 4.35. The largest absolute Gasteiger partial charge is 0.354 e. The van der Waals surface area contributed by atoms with Gasteiger partial charge in [-0.2, -0.15) is 0 Å². The van der Waals surface area contributed by atoms with E-state index in [1.807, 2.05) is 19.2 Å². The van der Waals surface area contributed by atoms with Crippen LogP contribution in [0, 0.1) is 12.8 Å². The molecule has 4 aromatic carbocycles. The number of nitrogens with one attached hydrogen (secondary N) is 1. The first-order valence-corrected chi connectivity index (χ1v) is 18.1. The highest BCUT2D eigenvalue weighted by Crippen LogP contribution is 2.40. The highest BCUT2D eigenvalue weighted by atomic mass is 15.3. The first-order chi connectivity index (χ1) is 25.0. The maximum absolute atomic E-state index is 4.90. The van der Waals surface area contributed by atoms with Gasteiger partial charge in [0.2, 0.25) is 0 Å². The Bertz CT molecular complexity index is 2080. The molecule has 1 N–H and O–H groups in total. The van der Waals surface area contributed by atoms with E-state index in [9.17, 15) is 0 Å². The van der Waals surface area contributed by atoms with Crippen molar-refractivity contribution >= 4 is 17.4 Å². The lowest BCUT2D eigenvalue weighted by Crippen LogP contribution is -2.52. The normalized spacial score (nSPS) is 23.5. The van der Waals surface area contributed by atoms with Gasteiger partial charge in [-0.1, -0.05) is 133 Å². The van der Waals surface area contributed by atoms with Crippen molar-refractivity contribution in [2.45, 2.75) is 44.2 Å². The summed E-state index contributed by atoms with van der Waals surface area (Å²) in [5.74, 6) is 0.411. The molecule has 0 amide bonds. The van der Waals surface area contributed by atoms with Gasteiger partial charge in [0.25, 0.3) is 0 Å². The van der Waals surface area contributed by atoms with Gasteiger partial charge in [-0.05, 0) is 83.8 Å². The Kier molecular flexibility index (Phi) is 9.31. The van der Waals surface area contributed by atoms with Crippen molar-refractivity contribution in [3.8, 4) is 11.1 Å². The van der Waals surface area contributed by atoms with E-state index in [2.05, 4.69) is 175 Å². The molecule has 3 aliphatic rings. The number of aliphatic imine (C=N–C) groups is 1. The molecule has 1 saturated heterocycles. The summed E-state index contributed by atoms with van der Waals surface area (Å²) >= 11 is 0. The average Bonchev–Trinajstić information content (AvgIpc) is 3.19. The zero-order valence-electron chi connectivity index (χ0n) is 29.6. The van der Waals surface area contributed by atoms with Crippen molar-refractivity contribution in [1.82, 2.24) is 20.1 Å².